The smallest absolute Gasteiger partial charge is 0.131 e. The van der Waals surface area contributed by atoms with Gasteiger partial charge in [0.2, 0.25) is 0 Å². The average Bonchev–Trinajstić information content (AvgIpc) is 3.52. The Hall–Kier alpha value is -3.80. The van der Waals surface area contributed by atoms with E-state index < -0.39 is 0 Å². The molecule has 5 aromatic rings. The molecular weight excluding hydrogens is 610 g/mol. The second-order valence-corrected chi connectivity index (χ2v) is 10.8. The summed E-state index contributed by atoms with van der Waals surface area (Å²) in [5.74, 6) is 1.52. The molecule has 6 rings (SSSR count). The van der Waals surface area contributed by atoms with Crippen molar-refractivity contribution in [2.45, 2.75) is 16.8 Å². The van der Waals surface area contributed by atoms with Crippen molar-refractivity contribution in [2.75, 3.05) is 13.7 Å². The highest BCUT2D eigenvalue weighted by atomic mass is 127. The molecule has 198 valence electrons. The molecule has 0 radical (unpaired) electrons. The molecule has 1 N–H and O–H groups in total. The molecule has 3 heterocycles. The number of hydrogen-bond donors (Lipinski definition) is 1. The maximum Gasteiger partial charge on any atom is 0.131 e. The fourth-order valence-electron chi connectivity index (χ4n) is 4.50. The molecule has 0 bridgehead atoms. The van der Waals surface area contributed by atoms with Gasteiger partial charge in [-0.3, -0.25) is 4.98 Å². The number of halogens is 2. The Kier molecular flexibility index (Phi) is 7.03. The second kappa shape index (κ2) is 10.8. The van der Waals surface area contributed by atoms with Gasteiger partial charge in [-0.15, -0.1) is 0 Å². The number of aromatic amines is 1. The highest BCUT2D eigenvalue weighted by Crippen LogP contribution is 2.40. The lowest BCUT2D eigenvalue weighted by Gasteiger charge is -2.14. The Morgan fingerprint density at radius 1 is 1.05 bits per heavy atom. The summed E-state index contributed by atoms with van der Waals surface area (Å²) in [7, 11) is 3.56. The van der Waals surface area contributed by atoms with Crippen LogP contribution in [0, 0.1) is 11.7 Å². The van der Waals surface area contributed by atoms with Gasteiger partial charge in [0, 0.05) is 30.4 Å². The van der Waals surface area contributed by atoms with Crippen LogP contribution in [0.4, 0.5) is 4.39 Å². The van der Waals surface area contributed by atoms with E-state index >= 15 is 0 Å². The third-order valence-electron chi connectivity index (χ3n) is 6.81. The molecule has 1 saturated carbocycles. The highest BCUT2D eigenvalue weighted by molar-refractivity contribution is 14.1. The van der Waals surface area contributed by atoms with E-state index in [0.717, 1.165) is 52.4 Å². The van der Waals surface area contributed by atoms with Crippen LogP contribution in [0.2, 0.25) is 0 Å². The first-order valence-corrected chi connectivity index (χ1v) is 13.9. The number of hydrogen-bond acceptors (Lipinski definition) is 6. The standard InChI is InChI=1S/C29H26FIN6O2/c1-37-16-33-27(29(37)22-10-7-20(30)14-24(22)39-15-17-3-4-17)23-13-19(11-12-32-23)26-28(35-36-34-26)25(31)18-5-8-21(38-2)9-6-18/h5-14,16-17,25H,3-4,15H2,1-2H3,(H,34,35,36). The van der Waals surface area contributed by atoms with E-state index in [1.165, 1.54) is 12.1 Å². The van der Waals surface area contributed by atoms with Crippen molar-refractivity contribution in [1.29, 1.82) is 0 Å². The summed E-state index contributed by atoms with van der Waals surface area (Å²) in [4.78, 5) is 9.31. The molecule has 10 heteroatoms. The number of alkyl halides is 1. The first kappa shape index (κ1) is 25.5. The lowest BCUT2D eigenvalue weighted by Crippen LogP contribution is -2.03. The molecular formula is C29H26FIN6O2. The number of aryl methyl sites for hydroxylation is 1. The molecule has 1 fully saturated rings. The second-order valence-electron chi connectivity index (χ2n) is 9.57. The molecule has 1 aliphatic carbocycles. The van der Waals surface area contributed by atoms with E-state index in [0.29, 0.717) is 29.7 Å². The SMILES string of the molecule is COc1ccc(C(I)c2n[nH]nc2-c2ccnc(-c3ncn(C)c3-c3ccc(F)cc3OCC3CC3)c2)cc1. The molecule has 8 nitrogen and oxygen atoms in total. The molecule has 1 aliphatic rings. The summed E-state index contributed by atoms with van der Waals surface area (Å²) in [6.45, 7) is 0.581. The molecule has 1 atom stereocenters. The maximum absolute atomic E-state index is 14.2. The molecule has 0 aliphatic heterocycles. The molecule has 1 unspecified atom stereocenters. The minimum atomic E-state index is -0.336. The van der Waals surface area contributed by atoms with Crippen LogP contribution in [0.15, 0.2) is 67.1 Å². The van der Waals surface area contributed by atoms with Crippen LogP contribution in [0.1, 0.15) is 28.0 Å². The summed E-state index contributed by atoms with van der Waals surface area (Å²) in [6, 6.07) is 16.4. The zero-order chi connectivity index (χ0) is 26.9. The number of imidazole rings is 1. The number of benzene rings is 2. The Morgan fingerprint density at radius 2 is 1.87 bits per heavy atom. The Labute approximate surface area is 238 Å². The zero-order valence-corrected chi connectivity index (χ0v) is 23.6. The van der Waals surface area contributed by atoms with Crippen molar-refractivity contribution < 1.29 is 13.9 Å². The fourth-order valence-corrected chi connectivity index (χ4v) is 5.35. The number of methoxy groups -OCH3 is 1. The summed E-state index contributed by atoms with van der Waals surface area (Å²) in [5.41, 5.74) is 6.42. The largest absolute Gasteiger partial charge is 0.497 e. The summed E-state index contributed by atoms with van der Waals surface area (Å²) in [6.07, 6.45) is 5.78. The van der Waals surface area contributed by atoms with Gasteiger partial charge in [0.25, 0.3) is 0 Å². The topological polar surface area (TPSA) is 90.7 Å². The van der Waals surface area contributed by atoms with Crippen LogP contribution >= 0.6 is 22.6 Å². The van der Waals surface area contributed by atoms with Crippen molar-refractivity contribution in [1.82, 2.24) is 29.9 Å². The van der Waals surface area contributed by atoms with E-state index in [1.54, 1.807) is 25.7 Å². The Morgan fingerprint density at radius 3 is 2.64 bits per heavy atom. The van der Waals surface area contributed by atoms with Crippen molar-refractivity contribution in [3.8, 4) is 45.4 Å². The summed E-state index contributed by atoms with van der Waals surface area (Å²) >= 11 is 2.37. The van der Waals surface area contributed by atoms with Gasteiger partial charge >= 0.3 is 0 Å². The van der Waals surface area contributed by atoms with Gasteiger partial charge in [0.1, 0.15) is 34.4 Å². The zero-order valence-electron chi connectivity index (χ0n) is 21.4. The van der Waals surface area contributed by atoms with Crippen LogP contribution in [0.5, 0.6) is 11.5 Å². The molecule has 0 spiro atoms. The van der Waals surface area contributed by atoms with Crippen molar-refractivity contribution >= 4 is 22.6 Å². The van der Waals surface area contributed by atoms with Gasteiger partial charge < -0.3 is 14.0 Å². The number of H-pyrrole nitrogens is 1. The normalized spacial score (nSPS) is 13.8. The van der Waals surface area contributed by atoms with E-state index in [1.807, 2.05) is 48.0 Å². The van der Waals surface area contributed by atoms with Gasteiger partial charge in [-0.1, -0.05) is 34.7 Å². The third-order valence-corrected chi connectivity index (χ3v) is 8.12. The fraction of sp³-hybridized carbons (Fsp3) is 0.241. The monoisotopic (exact) mass is 636 g/mol. The van der Waals surface area contributed by atoms with Crippen LogP contribution in [0.25, 0.3) is 33.9 Å². The van der Waals surface area contributed by atoms with E-state index in [2.05, 4.69) is 48.0 Å². The lowest BCUT2D eigenvalue weighted by molar-refractivity contribution is 0.299. The van der Waals surface area contributed by atoms with Gasteiger partial charge in [0.15, 0.2) is 0 Å². The molecule has 3 aromatic heterocycles. The van der Waals surface area contributed by atoms with E-state index in [-0.39, 0.29) is 9.74 Å². The van der Waals surface area contributed by atoms with Gasteiger partial charge in [-0.2, -0.15) is 15.4 Å². The van der Waals surface area contributed by atoms with Crippen LogP contribution < -0.4 is 9.47 Å². The van der Waals surface area contributed by atoms with Crippen LogP contribution in [0.3, 0.4) is 0 Å². The number of nitrogens with zero attached hydrogens (tertiary/aromatic N) is 5. The lowest BCUT2D eigenvalue weighted by atomic mass is 10.0. The van der Waals surface area contributed by atoms with Crippen LogP contribution in [-0.4, -0.2) is 43.7 Å². The van der Waals surface area contributed by atoms with E-state index in [4.69, 9.17) is 9.47 Å². The van der Waals surface area contributed by atoms with Gasteiger partial charge in [-0.25, -0.2) is 9.37 Å². The molecule has 0 amide bonds. The number of nitrogens with one attached hydrogen (secondary N) is 1. The van der Waals surface area contributed by atoms with Crippen LogP contribution in [-0.2, 0) is 7.05 Å². The molecule has 2 aromatic carbocycles. The number of pyridine rings is 1. The highest BCUT2D eigenvalue weighted by Gasteiger charge is 2.25. The maximum atomic E-state index is 14.2. The Balaban J connectivity index is 1.36. The summed E-state index contributed by atoms with van der Waals surface area (Å²) in [5, 5.41) is 11.7. The average molecular weight is 636 g/mol. The first-order chi connectivity index (χ1) is 19.0. The predicted molar refractivity (Wildman–Crippen MR) is 154 cm³/mol. The number of aromatic nitrogens is 6. The molecule has 0 saturated heterocycles. The van der Waals surface area contributed by atoms with Gasteiger partial charge in [-0.05, 0) is 60.7 Å². The van der Waals surface area contributed by atoms with Gasteiger partial charge in [0.05, 0.1) is 35.4 Å². The van der Waals surface area contributed by atoms with Crippen molar-refractivity contribution in [2.24, 2.45) is 13.0 Å². The van der Waals surface area contributed by atoms with E-state index in [9.17, 15) is 4.39 Å². The number of rotatable bonds is 9. The third kappa shape index (κ3) is 5.25. The minimum absolute atomic E-state index is 0.0327. The minimum Gasteiger partial charge on any atom is -0.497 e. The number of ether oxygens (including phenoxy) is 2. The quantitative estimate of drug-likeness (QED) is 0.149. The molecule has 39 heavy (non-hydrogen) atoms. The van der Waals surface area contributed by atoms with Crippen molar-refractivity contribution in [3.63, 3.8) is 0 Å². The first-order valence-electron chi connectivity index (χ1n) is 12.6. The van der Waals surface area contributed by atoms with Crippen molar-refractivity contribution in [3.05, 3.63) is 84.2 Å². The Bertz CT molecular complexity index is 1610. The predicted octanol–water partition coefficient (Wildman–Crippen LogP) is 6.40. The summed E-state index contributed by atoms with van der Waals surface area (Å²) < 4.78 is 27.4.